The van der Waals surface area contributed by atoms with Gasteiger partial charge in [-0.15, -0.1) is 0 Å². The zero-order valence-electron chi connectivity index (χ0n) is 21.2. The molecule has 2 unspecified atom stereocenters. The summed E-state index contributed by atoms with van der Waals surface area (Å²) in [5, 5.41) is 10.4. The van der Waals surface area contributed by atoms with Gasteiger partial charge in [-0.05, 0) is 57.0 Å². The van der Waals surface area contributed by atoms with Crippen LogP contribution < -0.4 is 0 Å². The fraction of sp³-hybridized carbons (Fsp3) is 0.913. The number of hydrogen-bond acceptors (Lipinski definition) is 7. The van der Waals surface area contributed by atoms with Gasteiger partial charge in [-0.2, -0.15) is 11.8 Å². The summed E-state index contributed by atoms with van der Waals surface area (Å²) < 4.78 is 22.0. The third-order valence-corrected chi connectivity index (χ3v) is 6.96. The summed E-state index contributed by atoms with van der Waals surface area (Å²) >= 11 is 1.87. The third-order valence-electron chi connectivity index (χ3n) is 4.65. The normalized spacial score (nSPS) is 15.9. The molecule has 0 saturated carbocycles. The first-order valence-corrected chi connectivity index (χ1v) is 14.0. The first kappa shape index (κ1) is 31.8. The Morgan fingerprint density at radius 1 is 0.938 bits per heavy atom. The highest BCUT2D eigenvalue weighted by Gasteiger charge is 2.37. The number of hydrogen-bond donors (Lipinski definition) is 2. The van der Waals surface area contributed by atoms with Crippen LogP contribution in [0.3, 0.4) is 0 Å². The van der Waals surface area contributed by atoms with Crippen molar-refractivity contribution in [3.05, 3.63) is 0 Å². The fourth-order valence-corrected chi connectivity index (χ4v) is 5.26. The molecule has 0 aromatic carbocycles. The molecular formula is C23H45O7PS. The van der Waals surface area contributed by atoms with E-state index >= 15 is 0 Å². The number of aliphatic hydroxyl groups is 1. The van der Waals surface area contributed by atoms with E-state index in [2.05, 4.69) is 20.8 Å². The number of Topliss-reactive ketones (excluding diaryl/α,β-unsaturated/α-hetero) is 2. The lowest BCUT2D eigenvalue weighted by molar-refractivity contribution is -0.135. The highest BCUT2D eigenvalue weighted by Crippen LogP contribution is 2.48. The summed E-state index contributed by atoms with van der Waals surface area (Å²) in [5.41, 5.74) is -1.62. The zero-order chi connectivity index (χ0) is 25.2. The van der Waals surface area contributed by atoms with Gasteiger partial charge in [0.25, 0.3) is 0 Å². The molecule has 0 aliphatic rings. The van der Waals surface area contributed by atoms with Crippen molar-refractivity contribution in [3.63, 3.8) is 0 Å². The van der Waals surface area contributed by atoms with Crippen molar-refractivity contribution in [2.24, 2.45) is 10.8 Å². The van der Waals surface area contributed by atoms with Gasteiger partial charge in [-0.3, -0.25) is 18.6 Å². The summed E-state index contributed by atoms with van der Waals surface area (Å²) in [6.45, 7) is 14.4. The monoisotopic (exact) mass is 496 g/mol. The van der Waals surface area contributed by atoms with Crippen molar-refractivity contribution in [2.45, 2.75) is 106 Å². The third kappa shape index (κ3) is 16.4. The second-order valence-electron chi connectivity index (χ2n) is 11.2. The van der Waals surface area contributed by atoms with Gasteiger partial charge >= 0.3 is 7.82 Å². The Labute approximate surface area is 199 Å². The molecule has 0 amide bonds. The van der Waals surface area contributed by atoms with Crippen molar-refractivity contribution in [3.8, 4) is 0 Å². The van der Waals surface area contributed by atoms with E-state index in [1.54, 1.807) is 34.6 Å². The topological polar surface area (TPSA) is 110 Å². The number of carbonyl (C=O) groups is 2. The lowest BCUT2D eigenvalue weighted by atomic mass is 9.84. The van der Waals surface area contributed by atoms with Gasteiger partial charge in [-0.1, -0.05) is 34.6 Å². The van der Waals surface area contributed by atoms with Crippen molar-refractivity contribution >= 4 is 31.2 Å². The summed E-state index contributed by atoms with van der Waals surface area (Å²) in [6.07, 6.45) is 1.90. The van der Waals surface area contributed by atoms with Crippen LogP contribution in [-0.4, -0.2) is 51.4 Å². The fourth-order valence-electron chi connectivity index (χ4n) is 2.71. The quantitative estimate of drug-likeness (QED) is 0.211. The van der Waals surface area contributed by atoms with E-state index in [4.69, 9.17) is 9.05 Å². The highest BCUT2D eigenvalue weighted by atomic mass is 32.2. The molecule has 0 saturated heterocycles. The smallest absolute Gasteiger partial charge is 0.385 e. The first-order valence-electron chi connectivity index (χ1n) is 11.3. The predicted octanol–water partition coefficient (Wildman–Crippen LogP) is 5.56. The van der Waals surface area contributed by atoms with Crippen molar-refractivity contribution < 1.29 is 33.2 Å². The first-order chi connectivity index (χ1) is 14.3. The molecule has 32 heavy (non-hydrogen) atoms. The zero-order valence-corrected chi connectivity index (χ0v) is 22.9. The van der Waals surface area contributed by atoms with Gasteiger partial charge in [0, 0.05) is 24.7 Å². The van der Waals surface area contributed by atoms with Gasteiger partial charge < -0.3 is 10.00 Å². The van der Waals surface area contributed by atoms with Crippen LogP contribution >= 0.6 is 19.6 Å². The number of phosphoric ester groups is 1. The minimum atomic E-state index is -4.31. The standard InChI is InChI=1S/C23H45O7PS/c1-21(2,3)14-16-32-15-10-12-18(24)11-9-13-19(25)20(26)23(7,8)17-29-31(27,28)30-22(4,5)6/h20,26H,9-17H2,1-8H3,(H,27,28). The molecule has 0 bridgehead atoms. The van der Waals surface area contributed by atoms with Crippen LogP contribution in [0.5, 0.6) is 0 Å². The lowest BCUT2D eigenvalue weighted by Crippen LogP contribution is -2.39. The van der Waals surface area contributed by atoms with Crippen LogP contribution in [0.2, 0.25) is 0 Å². The highest BCUT2D eigenvalue weighted by molar-refractivity contribution is 7.99. The Balaban J connectivity index is 4.22. The second-order valence-corrected chi connectivity index (χ2v) is 13.8. The van der Waals surface area contributed by atoms with Crippen LogP contribution in [0, 0.1) is 10.8 Å². The second kappa shape index (κ2) is 13.6. The van der Waals surface area contributed by atoms with Gasteiger partial charge in [0.2, 0.25) is 0 Å². The van der Waals surface area contributed by atoms with Crippen LogP contribution in [0.1, 0.15) is 93.9 Å². The van der Waals surface area contributed by atoms with Crippen molar-refractivity contribution in [1.29, 1.82) is 0 Å². The molecular weight excluding hydrogens is 451 g/mol. The molecule has 0 radical (unpaired) electrons. The molecule has 0 rings (SSSR count). The Kier molecular flexibility index (Phi) is 13.5. The minimum Gasteiger partial charge on any atom is -0.385 e. The Morgan fingerprint density at radius 2 is 1.50 bits per heavy atom. The lowest BCUT2D eigenvalue weighted by Gasteiger charge is -2.31. The Morgan fingerprint density at radius 3 is 2.03 bits per heavy atom. The van der Waals surface area contributed by atoms with Crippen LogP contribution in [0.4, 0.5) is 0 Å². The molecule has 7 nitrogen and oxygen atoms in total. The molecule has 0 aliphatic heterocycles. The maximum absolute atomic E-state index is 12.4. The van der Waals surface area contributed by atoms with Gasteiger partial charge in [0.05, 0.1) is 12.2 Å². The predicted molar refractivity (Wildman–Crippen MR) is 131 cm³/mol. The van der Waals surface area contributed by atoms with Crippen molar-refractivity contribution in [1.82, 2.24) is 0 Å². The number of rotatable bonds is 16. The van der Waals surface area contributed by atoms with E-state index in [0.717, 1.165) is 24.3 Å². The molecule has 0 heterocycles. The number of phosphoric acid groups is 1. The molecule has 0 fully saturated rings. The van der Waals surface area contributed by atoms with E-state index in [0.29, 0.717) is 24.7 Å². The van der Waals surface area contributed by atoms with Crippen LogP contribution in [-0.2, 0) is 23.2 Å². The molecule has 2 atom stereocenters. The molecule has 0 aromatic heterocycles. The molecule has 0 aliphatic carbocycles. The van der Waals surface area contributed by atoms with Gasteiger partial charge in [-0.25, -0.2) is 4.57 Å². The summed E-state index contributed by atoms with van der Waals surface area (Å²) in [5.74, 6) is 1.78. The number of ketones is 2. The van der Waals surface area contributed by atoms with Crippen LogP contribution in [0.15, 0.2) is 0 Å². The number of aliphatic hydroxyl groups excluding tert-OH is 1. The minimum absolute atomic E-state index is 0.0753. The largest absolute Gasteiger partial charge is 0.472 e. The SMILES string of the molecule is CC(C)(C)CCSCCCC(=O)CCCC(=O)C(O)C(C)(C)COP(=O)(O)OC(C)(C)C. The summed E-state index contributed by atoms with van der Waals surface area (Å²) in [4.78, 5) is 34.2. The Hall–Kier alpha value is -0.240. The van der Waals surface area contributed by atoms with Crippen LogP contribution in [0.25, 0.3) is 0 Å². The average molecular weight is 497 g/mol. The maximum atomic E-state index is 12.4. The van der Waals surface area contributed by atoms with E-state index in [1.165, 1.54) is 0 Å². The summed E-state index contributed by atoms with van der Waals surface area (Å²) in [7, 11) is -4.31. The molecule has 2 N–H and O–H groups in total. The number of thioether (sulfide) groups is 1. The van der Waals surface area contributed by atoms with Crippen molar-refractivity contribution in [2.75, 3.05) is 18.1 Å². The van der Waals surface area contributed by atoms with E-state index in [9.17, 15) is 24.2 Å². The summed E-state index contributed by atoms with van der Waals surface area (Å²) in [6, 6.07) is 0. The molecule has 9 heteroatoms. The van der Waals surface area contributed by atoms with E-state index in [-0.39, 0.29) is 18.8 Å². The van der Waals surface area contributed by atoms with Gasteiger partial charge in [0.15, 0.2) is 5.78 Å². The number of carbonyl (C=O) groups excluding carboxylic acids is 2. The average Bonchev–Trinajstić information content (AvgIpc) is 2.59. The van der Waals surface area contributed by atoms with E-state index in [1.807, 2.05) is 11.8 Å². The molecule has 0 aromatic rings. The maximum Gasteiger partial charge on any atom is 0.472 e. The van der Waals surface area contributed by atoms with Gasteiger partial charge in [0.1, 0.15) is 11.9 Å². The Bertz CT molecular complexity index is 635. The molecule has 0 spiro atoms. The van der Waals surface area contributed by atoms with E-state index < -0.39 is 30.7 Å². The molecule has 190 valence electrons.